The number of carbonyl (C=O) groups excluding carboxylic acids is 1. The van der Waals surface area contributed by atoms with Crippen molar-refractivity contribution in [3.63, 3.8) is 0 Å². The third-order valence-corrected chi connectivity index (χ3v) is 3.96. The molecule has 1 aromatic heterocycles. The smallest absolute Gasteiger partial charge is 0.417 e. The van der Waals surface area contributed by atoms with Gasteiger partial charge >= 0.3 is 12.1 Å². The van der Waals surface area contributed by atoms with Crippen molar-refractivity contribution >= 4 is 17.8 Å². The largest absolute Gasteiger partial charge is 0.478 e. The van der Waals surface area contributed by atoms with Crippen LogP contribution >= 0.6 is 0 Å². The number of allylic oxidation sites excluding steroid dienone is 1. The highest BCUT2D eigenvalue weighted by Crippen LogP contribution is 2.33. The van der Waals surface area contributed by atoms with E-state index in [-0.39, 0.29) is 11.1 Å². The van der Waals surface area contributed by atoms with Crippen LogP contribution in [0.4, 0.5) is 13.2 Å². The van der Waals surface area contributed by atoms with Crippen LogP contribution < -0.4 is 0 Å². The number of aromatic carboxylic acids is 1. The average molecular weight is 347 g/mol. The molecule has 0 atom stereocenters. The van der Waals surface area contributed by atoms with Crippen LogP contribution in [0, 0.1) is 0 Å². The van der Waals surface area contributed by atoms with Gasteiger partial charge in [-0.25, -0.2) is 4.79 Å². The molecule has 0 radical (unpaired) electrons. The van der Waals surface area contributed by atoms with Crippen LogP contribution in [0.3, 0.4) is 0 Å². The highest BCUT2D eigenvalue weighted by atomic mass is 19.4. The van der Waals surface area contributed by atoms with Crippen molar-refractivity contribution in [2.45, 2.75) is 19.0 Å². The predicted molar refractivity (Wildman–Crippen MR) is 83.3 cm³/mol. The summed E-state index contributed by atoms with van der Waals surface area (Å²) in [7, 11) is 0. The number of Topliss-reactive ketones (excluding diaryl/α,β-unsaturated/α-hetero) is 1. The van der Waals surface area contributed by atoms with E-state index in [0.29, 0.717) is 29.7 Å². The second kappa shape index (κ2) is 6.16. The zero-order chi connectivity index (χ0) is 18.2. The van der Waals surface area contributed by atoms with Crippen molar-refractivity contribution in [3.05, 3.63) is 70.0 Å². The molecule has 1 aromatic carbocycles. The van der Waals surface area contributed by atoms with Gasteiger partial charge in [-0.1, -0.05) is 12.1 Å². The molecule has 0 amide bonds. The van der Waals surface area contributed by atoms with Crippen molar-refractivity contribution in [1.29, 1.82) is 0 Å². The zero-order valence-corrected chi connectivity index (χ0v) is 12.8. The van der Waals surface area contributed by atoms with E-state index in [1.165, 1.54) is 12.1 Å². The number of carboxylic acid groups (broad SMARTS) is 1. The summed E-state index contributed by atoms with van der Waals surface area (Å²) in [4.78, 5) is 27.1. The topological polar surface area (TPSA) is 67.3 Å². The molecule has 25 heavy (non-hydrogen) atoms. The number of carbonyl (C=O) groups is 2. The molecule has 0 saturated carbocycles. The first-order valence-corrected chi connectivity index (χ1v) is 7.40. The molecule has 0 saturated heterocycles. The summed E-state index contributed by atoms with van der Waals surface area (Å²) in [6.45, 7) is 0. The number of pyridine rings is 1. The number of halogens is 3. The Balaban J connectivity index is 1.94. The molecule has 3 rings (SSSR count). The third-order valence-electron chi connectivity index (χ3n) is 3.96. The minimum absolute atomic E-state index is 0.0329. The number of rotatable bonds is 2. The van der Waals surface area contributed by atoms with Crippen molar-refractivity contribution < 1.29 is 27.9 Å². The lowest BCUT2D eigenvalue weighted by Gasteiger charge is -2.18. The Hall–Kier alpha value is -2.96. The summed E-state index contributed by atoms with van der Waals surface area (Å²) in [6, 6.07) is 6.73. The number of alkyl halides is 3. The van der Waals surface area contributed by atoms with E-state index in [2.05, 4.69) is 4.98 Å². The van der Waals surface area contributed by atoms with Gasteiger partial charge in [0.15, 0.2) is 5.78 Å². The van der Waals surface area contributed by atoms with Crippen LogP contribution in [0.5, 0.6) is 0 Å². The number of carboxylic acids is 1. The van der Waals surface area contributed by atoms with Crippen LogP contribution in [0.15, 0.2) is 42.1 Å². The van der Waals surface area contributed by atoms with Crippen molar-refractivity contribution in [1.82, 2.24) is 4.98 Å². The quantitative estimate of drug-likeness (QED) is 0.834. The standard InChI is InChI=1S/C18H12F3NO3/c19-18(20,21)13-8-14-15(22-9-13)6-5-12(16(14)23)7-10-1-3-11(4-2-10)17(24)25/h1-4,7-9H,5-6H2,(H,24,25)/b12-7-. The minimum atomic E-state index is -4.56. The number of hydrogen-bond donors (Lipinski definition) is 1. The normalized spacial score (nSPS) is 16.0. The fraction of sp³-hybridized carbons (Fsp3) is 0.167. The molecule has 2 aromatic rings. The third kappa shape index (κ3) is 3.45. The first kappa shape index (κ1) is 16.9. The summed E-state index contributed by atoms with van der Waals surface area (Å²) < 4.78 is 38.5. The van der Waals surface area contributed by atoms with E-state index in [9.17, 15) is 22.8 Å². The molecule has 7 heteroatoms. The predicted octanol–water partition coefficient (Wildman–Crippen LogP) is 4.01. The van der Waals surface area contributed by atoms with Gasteiger partial charge < -0.3 is 5.11 Å². The second-order valence-corrected chi connectivity index (χ2v) is 5.64. The van der Waals surface area contributed by atoms with Gasteiger partial charge in [0.25, 0.3) is 0 Å². The number of hydrogen-bond acceptors (Lipinski definition) is 3. The van der Waals surface area contributed by atoms with Gasteiger partial charge in [0.05, 0.1) is 16.8 Å². The summed E-state index contributed by atoms with van der Waals surface area (Å²) in [5.41, 5.74) is 0.465. The van der Waals surface area contributed by atoms with Gasteiger partial charge in [-0.2, -0.15) is 13.2 Å². The number of nitrogens with zero attached hydrogens (tertiary/aromatic N) is 1. The van der Waals surface area contributed by atoms with Crippen molar-refractivity contribution in [2.75, 3.05) is 0 Å². The number of fused-ring (bicyclic) bond motifs is 1. The van der Waals surface area contributed by atoms with E-state index in [1.807, 2.05) is 0 Å². The highest BCUT2D eigenvalue weighted by molar-refractivity contribution is 6.13. The Kier molecular flexibility index (Phi) is 4.16. The van der Waals surface area contributed by atoms with E-state index < -0.39 is 23.5 Å². The summed E-state index contributed by atoms with van der Waals surface area (Å²) in [5, 5.41) is 8.87. The van der Waals surface area contributed by atoms with Crippen molar-refractivity contribution in [3.8, 4) is 0 Å². The molecule has 1 N–H and O–H groups in total. The maximum absolute atomic E-state index is 12.8. The Morgan fingerprint density at radius 2 is 1.84 bits per heavy atom. The van der Waals surface area contributed by atoms with Gasteiger partial charge in [-0.05, 0) is 42.7 Å². The molecule has 1 aliphatic rings. The van der Waals surface area contributed by atoms with Gasteiger partial charge in [0.1, 0.15) is 0 Å². The molecule has 0 fully saturated rings. The lowest BCUT2D eigenvalue weighted by molar-refractivity contribution is -0.137. The van der Waals surface area contributed by atoms with Crippen LogP contribution in [-0.2, 0) is 12.6 Å². The molecule has 0 bridgehead atoms. The minimum Gasteiger partial charge on any atom is -0.478 e. The summed E-state index contributed by atoms with van der Waals surface area (Å²) in [5.74, 6) is -1.55. The van der Waals surface area contributed by atoms with Gasteiger partial charge in [0.2, 0.25) is 0 Å². The van der Waals surface area contributed by atoms with Crippen LogP contribution in [0.2, 0.25) is 0 Å². The number of aromatic nitrogens is 1. The molecule has 1 heterocycles. The SMILES string of the molecule is O=C(O)c1ccc(/C=C2/CCc3ncc(C(F)(F)F)cc3C2=O)cc1. The Morgan fingerprint density at radius 3 is 2.44 bits per heavy atom. The Bertz CT molecular complexity index is 883. The first-order chi connectivity index (χ1) is 11.8. The summed E-state index contributed by atoms with van der Waals surface area (Å²) >= 11 is 0. The van der Waals surface area contributed by atoms with Crippen LogP contribution in [-0.4, -0.2) is 21.8 Å². The lowest BCUT2D eigenvalue weighted by atomic mass is 9.88. The first-order valence-electron chi connectivity index (χ1n) is 7.40. The van der Waals surface area contributed by atoms with Crippen molar-refractivity contribution in [2.24, 2.45) is 0 Å². The van der Waals surface area contributed by atoms with Gasteiger partial charge in [-0.15, -0.1) is 0 Å². The zero-order valence-electron chi connectivity index (χ0n) is 12.8. The van der Waals surface area contributed by atoms with E-state index in [4.69, 9.17) is 5.11 Å². The fourth-order valence-corrected chi connectivity index (χ4v) is 2.64. The lowest BCUT2D eigenvalue weighted by Crippen LogP contribution is -2.18. The molecule has 0 spiro atoms. The van der Waals surface area contributed by atoms with E-state index in [0.717, 1.165) is 12.3 Å². The van der Waals surface area contributed by atoms with E-state index >= 15 is 0 Å². The van der Waals surface area contributed by atoms with Crippen LogP contribution in [0.25, 0.3) is 6.08 Å². The van der Waals surface area contributed by atoms with Crippen LogP contribution in [0.1, 0.15) is 44.0 Å². The van der Waals surface area contributed by atoms with Gasteiger partial charge in [-0.3, -0.25) is 9.78 Å². The fourth-order valence-electron chi connectivity index (χ4n) is 2.64. The molecule has 1 aliphatic carbocycles. The molecule has 4 nitrogen and oxygen atoms in total. The summed E-state index contributed by atoms with van der Waals surface area (Å²) in [6.07, 6.45) is -1.51. The molecule has 0 aliphatic heterocycles. The molecular weight excluding hydrogens is 335 g/mol. The maximum Gasteiger partial charge on any atom is 0.417 e. The average Bonchev–Trinajstić information content (AvgIpc) is 2.57. The second-order valence-electron chi connectivity index (χ2n) is 5.64. The Labute approximate surface area is 140 Å². The number of benzene rings is 1. The Morgan fingerprint density at radius 1 is 1.16 bits per heavy atom. The monoisotopic (exact) mass is 347 g/mol. The molecule has 0 unspecified atom stereocenters. The highest BCUT2D eigenvalue weighted by Gasteiger charge is 2.33. The van der Waals surface area contributed by atoms with E-state index in [1.54, 1.807) is 18.2 Å². The van der Waals surface area contributed by atoms with Gasteiger partial charge in [0, 0.05) is 17.3 Å². The molecular formula is C18H12F3NO3. The maximum atomic E-state index is 12.8. The number of aryl methyl sites for hydroxylation is 1. The number of ketones is 1. The molecule has 128 valence electrons.